The summed E-state index contributed by atoms with van der Waals surface area (Å²) < 4.78 is 11.2. The highest BCUT2D eigenvalue weighted by molar-refractivity contribution is 14.1. The first-order valence-corrected chi connectivity index (χ1v) is 5.74. The van der Waals surface area contributed by atoms with E-state index in [-0.39, 0.29) is 5.56 Å². The monoisotopic (exact) mass is 324 g/mol. The van der Waals surface area contributed by atoms with E-state index in [1.54, 1.807) is 0 Å². The van der Waals surface area contributed by atoms with Crippen molar-refractivity contribution in [3.8, 4) is 0 Å². The van der Waals surface area contributed by atoms with Gasteiger partial charge < -0.3 is 14.5 Å². The number of hydrogen-bond donors (Lipinski definition) is 1. The van der Waals surface area contributed by atoms with Gasteiger partial charge in [0.25, 0.3) is 5.56 Å². The largest absolute Gasteiger partial charge is 0.347 e. The van der Waals surface area contributed by atoms with Gasteiger partial charge in [0.1, 0.15) is 9.26 Å². The third-order valence-corrected chi connectivity index (χ3v) is 2.73. The lowest BCUT2D eigenvalue weighted by Gasteiger charge is -2.16. The van der Waals surface area contributed by atoms with Crippen LogP contribution in [-0.4, -0.2) is 23.2 Å². The Morgan fingerprint density at radius 3 is 2.60 bits per heavy atom. The van der Waals surface area contributed by atoms with Crippen molar-refractivity contribution in [2.45, 2.75) is 20.1 Å². The van der Waals surface area contributed by atoms with E-state index in [4.69, 9.17) is 9.47 Å². The van der Waals surface area contributed by atoms with Crippen molar-refractivity contribution in [1.29, 1.82) is 0 Å². The molecule has 1 rings (SSSR count). The van der Waals surface area contributed by atoms with E-state index in [0.717, 1.165) is 0 Å². The molecule has 1 N–H and O–H groups in total. The third-order valence-electron chi connectivity index (χ3n) is 1.68. The Kier molecular flexibility index (Phi) is 5.20. The van der Waals surface area contributed by atoms with Gasteiger partial charge in [-0.15, -0.1) is 0 Å². The van der Waals surface area contributed by atoms with Crippen molar-refractivity contribution < 1.29 is 9.47 Å². The predicted octanol–water partition coefficient (Wildman–Crippen LogP) is 1.45. The van der Waals surface area contributed by atoms with Crippen LogP contribution in [0.3, 0.4) is 0 Å². The maximum Gasteiger partial charge on any atom is 0.264 e. The van der Waals surface area contributed by atoms with E-state index in [1.165, 1.54) is 6.33 Å². The Morgan fingerprint density at radius 2 is 2.07 bits per heavy atom. The quantitative estimate of drug-likeness (QED) is 0.658. The second kappa shape index (κ2) is 6.19. The highest BCUT2D eigenvalue weighted by atomic mass is 127. The lowest BCUT2D eigenvalue weighted by atomic mass is 10.4. The maximum absolute atomic E-state index is 11.3. The van der Waals surface area contributed by atoms with Gasteiger partial charge in [-0.1, -0.05) is 0 Å². The number of H-pyrrole nitrogens is 1. The average Bonchev–Trinajstić information content (AvgIpc) is 2.22. The summed E-state index contributed by atoms with van der Waals surface area (Å²) >= 11 is 1.93. The molecule has 0 fully saturated rings. The fraction of sp³-hybridized carbons (Fsp3) is 0.556. The van der Waals surface area contributed by atoms with Crippen LogP contribution in [0.1, 0.15) is 25.8 Å². The Balaban J connectivity index is 2.99. The summed E-state index contributed by atoms with van der Waals surface area (Å²) in [5, 5.41) is 0. The molecule has 0 saturated heterocycles. The molecular weight excluding hydrogens is 311 g/mol. The van der Waals surface area contributed by atoms with Crippen LogP contribution in [0.5, 0.6) is 0 Å². The molecule has 0 saturated carbocycles. The molecule has 0 aromatic carbocycles. The SMILES string of the molecule is CCOC(OCC)c1nc[nH]c(=O)c1I. The van der Waals surface area contributed by atoms with Gasteiger partial charge in [-0.25, -0.2) is 4.98 Å². The molecule has 0 radical (unpaired) electrons. The molecule has 0 amide bonds. The summed E-state index contributed by atoms with van der Waals surface area (Å²) in [6, 6.07) is 0. The normalized spacial score (nSPS) is 10.9. The van der Waals surface area contributed by atoms with Crippen LogP contribution in [0.4, 0.5) is 0 Å². The fourth-order valence-corrected chi connectivity index (χ4v) is 1.62. The minimum atomic E-state index is -0.561. The molecular formula is C9H13IN2O3. The molecule has 0 atom stereocenters. The number of halogens is 1. The van der Waals surface area contributed by atoms with Crippen molar-refractivity contribution in [2.24, 2.45) is 0 Å². The molecule has 1 heterocycles. The van der Waals surface area contributed by atoms with Gasteiger partial charge in [0, 0.05) is 13.2 Å². The van der Waals surface area contributed by atoms with Crippen molar-refractivity contribution >= 4 is 22.6 Å². The molecule has 0 aliphatic carbocycles. The Labute approximate surface area is 101 Å². The molecule has 0 unspecified atom stereocenters. The van der Waals surface area contributed by atoms with Gasteiger partial charge >= 0.3 is 0 Å². The molecule has 0 aliphatic heterocycles. The minimum absolute atomic E-state index is 0.176. The van der Waals surface area contributed by atoms with E-state index < -0.39 is 6.29 Å². The summed E-state index contributed by atoms with van der Waals surface area (Å²) in [5.74, 6) is 0. The lowest BCUT2D eigenvalue weighted by Crippen LogP contribution is -2.19. The van der Waals surface area contributed by atoms with Gasteiger partial charge in [-0.05, 0) is 36.4 Å². The predicted molar refractivity (Wildman–Crippen MR) is 63.6 cm³/mol. The zero-order chi connectivity index (χ0) is 11.3. The summed E-state index contributed by atoms with van der Waals surface area (Å²) in [4.78, 5) is 17.9. The van der Waals surface area contributed by atoms with Crippen LogP contribution in [0.15, 0.2) is 11.1 Å². The Bertz CT molecular complexity index is 361. The summed E-state index contributed by atoms with van der Waals surface area (Å²) in [6.45, 7) is 4.75. The zero-order valence-corrected chi connectivity index (χ0v) is 10.8. The average molecular weight is 324 g/mol. The van der Waals surface area contributed by atoms with E-state index in [0.29, 0.717) is 22.5 Å². The number of aromatic amines is 1. The zero-order valence-electron chi connectivity index (χ0n) is 8.62. The second-order valence-electron chi connectivity index (χ2n) is 2.67. The van der Waals surface area contributed by atoms with Crippen molar-refractivity contribution in [2.75, 3.05) is 13.2 Å². The van der Waals surface area contributed by atoms with E-state index in [2.05, 4.69) is 9.97 Å². The first-order chi connectivity index (χ1) is 7.20. The number of hydrogen-bond acceptors (Lipinski definition) is 4. The molecule has 1 aromatic rings. The Hall–Kier alpha value is -0.470. The summed E-state index contributed by atoms with van der Waals surface area (Å²) in [6.07, 6.45) is 0.791. The van der Waals surface area contributed by atoms with Gasteiger partial charge in [0.05, 0.1) is 6.33 Å². The van der Waals surface area contributed by atoms with Gasteiger partial charge in [0.2, 0.25) is 6.29 Å². The number of rotatable bonds is 5. The maximum atomic E-state index is 11.3. The number of aromatic nitrogens is 2. The Morgan fingerprint density at radius 1 is 1.47 bits per heavy atom. The van der Waals surface area contributed by atoms with E-state index >= 15 is 0 Å². The van der Waals surface area contributed by atoms with Crippen LogP contribution in [-0.2, 0) is 9.47 Å². The molecule has 1 aromatic heterocycles. The van der Waals surface area contributed by atoms with Gasteiger partial charge in [-0.3, -0.25) is 4.79 Å². The molecule has 5 nitrogen and oxygen atoms in total. The first-order valence-electron chi connectivity index (χ1n) is 4.67. The molecule has 15 heavy (non-hydrogen) atoms. The third kappa shape index (κ3) is 3.25. The van der Waals surface area contributed by atoms with Crippen LogP contribution in [0.25, 0.3) is 0 Å². The molecule has 84 valence electrons. The van der Waals surface area contributed by atoms with E-state index in [1.807, 2.05) is 36.4 Å². The van der Waals surface area contributed by atoms with Crippen LogP contribution < -0.4 is 5.56 Å². The van der Waals surface area contributed by atoms with E-state index in [9.17, 15) is 4.79 Å². The topological polar surface area (TPSA) is 64.2 Å². The molecule has 0 spiro atoms. The number of ether oxygens (including phenoxy) is 2. The van der Waals surface area contributed by atoms with Crippen LogP contribution >= 0.6 is 22.6 Å². The highest BCUT2D eigenvalue weighted by Gasteiger charge is 2.17. The summed E-state index contributed by atoms with van der Waals surface area (Å²) in [7, 11) is 0. The van der Waals surface area contributed by atoms with Crippen molar-refractivity contribution in [3.63, 3.8) is 0 Å². The second-order valence-corrected chi connectivity index (χ2v) is 3.75. The minimum Gasteiger partial charge on any atom is -0.347 e. The molecule has 0 bridgehead atoms. The highest BCUT2D eigenvalue weighted by Crippen LogP contribution is 2.19. The first kappa shape index (κ1) is 12.6. The lowest BCUT2D eigenvalue weighted by molar-refractivity contribution is -0.143. The van der Waals surface area contributed by atoms with Gasteiger partial charge in [0.15, 0.2) is 0 Å². The van der Waals surface area contributed by atoms with Crippen molar-refractivity contribution in [1.82, 2.24) is 9.97 Å². The van der Waals surface area contributed by atoms with Crippen LogP contribution in [0.2, 0.25) is 0 Å². The number of nitrogens with one attached hydrogen (secondary N) is 1. The fourth-order valence-electron chi connectivity index (χ4n) is 1.07. The smallest absolute Gasteiger partial charge is 0.264 e. The van der Waals surface area contributed by atoms with Crippen LogP contribution in [0, 0.1) is 3.57 Å². The van der Waals surface area contributed by atoms with Gasteiger partial charge in [-0.2, -0.15) is 0 Å². The molecule has 0 aliphatic rings. The van der Waals surface area contributed by atoms with Crippen molar-refractivity contribution in [3.05, 3.63) is 25.9 Å². The summed E-state index contributed by atoms with van der Waals surface area (Å²) in [5.41, 5.74) is 0.355. The standard InChI is InChI=1S/C9H13IN2O3/c1-3-14-9(15-4-2)7-6(10)8(13)12-5-11-7/h5,9H,3-4H2,1-2H3,(H,11,12,13). The molecule has 6 heteroatoms. The number of nitrogens with zero attached hydrogens (tertiary/aromatic N) is 1.